The minimum atomic E-state index is 0.257. The van der Waals surface area contributed by atoms with Gasteiger partial charge in [-0.2, -0.15) is 0 Å². The Morgan fingerprint density at radius 1 is 1.44 bits per heavy atom. The molecule has 0 amide bonds. The van der Waals surface area contributed by atoms with Crippen molar-refractivity contribution in [2.24, 2.45) is 22.4 Å². The Balaban J connectivity index is 4.34. The molecule has 0 aliphatic heterocycles. The first-order valence-electron chi connectivity index (χ1n) is 2.81. The number of nitrogens with two attached hydrogens (primary N) is 2. The molecule has 0 bridgehead atoms. The predicted octanol–water partition coefficient (Wildman–Crippen LogP) is 0.429. The molecule has 9 heavy (non-hydrogen) atoms. The number of hydrogen-bond donors (Lipinski definition) is 2. The van der Waals surface area contributed by atoms with Crippen molar-refractivity contribution in [3.63, 3.8) is 0 Å². The lowest BCUT2D eigenvalue weighted by molar-refractivity contribution is 0.742. The van der Waals surface area contributed by atoms with Crippen LogP contribution in [0.3, 0.4) is 0 Å². The number of hydrogen-bond acceptors (Lipinski definition) is 3. The third-order valence-corrected chi connectivity index (χ3v) is 1.01. The molecule has 3 heteroatoms. The van der Waals surface area contributed by atoms with Gasteiger partial charge in [-0.1, -0.05) is 13.8 Å². The van der Waals surface area contributed by atoms with Crippen molar-refractivity contribution in [2.75, 3.05) is 0 Å². The molecule has 0 unspecified atom stereocenters. The fourth-order valence-electron chi connectivity index (χ4n) is 0.607. The van der Waals surface area contributed by atoms with Gasteiger partial charge in [-0.3, -0.25) is 4.99 Å². The molecular formula is C6H13N3. The monoisotopic (exact) mass is 127 g/mol. The Labute approximate surface area is 55.4 Å². The van der Waals surface area contributed by atoms with Crippen LogP contribution in [0.15, 0.2) is 16.5 Å². The third kappa shape index (κ3) is 2.17. The second-order valence-corrected chi connectivity index (χ2v) is 2.15. The van der Waals surface area contributed by atoms with E-state index in [1.54, 1.807) is 0 Å². The molecule has 0 saturated heterocycles. The van der Waals surface area contributed by atoms with E-state index in [2.05, 4.69) is 11.7 Å². The summed E-state index contributed by atoms with van der Waals surface area (Å²) in [5, 5.41) is 0. The second-order valence-electron chi connectivity index (χ2n) is 2.15. The lowest BCUT2D eigenvalue weighted by Gasteiger charge is -2.05. The van der Waals surface area contributed by atoms with Gasteiger partial charge in [0.25, 0.3) is 0 Å². The van der Waals surface area contributed by atoms with Crippen LogP contribution in [0.1, 0.15) is 13.8 Å². The van der Waals surface area contributed by atoms with Gasteiger partial charge >= 0.3 is 0 Å². The molecule has 0 aliphatic carbocycles. The average Bonchev–Trinajstić information content (AvgIpc) is 1.64. The van der Waals surface area contributed by atoms with Crippen molar-refractivity contribution in [3.8, 4) is 0 Å². The number of rotatable bonds is 2. The summed E-state index contributed by atoms with van der Waals surface area (Å²) < 4.78 is 0. The molecule has 0 radical (unpaired) electrons. The van der Waals surface area contributed by atoms with E-state index >= 15 is 0 Å². The second kappa shape index (κ2) is 3.12. The summed E-state index contributed by atoms with van der Waals surface area (Å²) in [5.41, 5.74) is 11.2. The van der Waals surface area contributed by atoms with Crippen LogP contribution >= 0.6 is 0 Å². The van der Waals surface area contributed by atoms with Crippen molar-refractivity contribution in [1.29, 1.82) is 0 Å². The molecule has 0 saturated carbocycles. The molecule has 0 aliphatic rings. The highest BCUT2D eigenvalue weighted by molar-refractivity contribution is 5.30. The predicted molar refractivity (Wildman–Crippen MR) is 39.8 cm³/mol. The van der Waals surface area contributed by atoms with E-state index in [1.165, 1.54) is 0 Å². The Bertz CT molecular complexity index is 131. The zero-order chi connectivity index (χ0) is 7.44. The van der Waals surface area contributed by atoms with Crippen molar-refractivity contribution in [3.05, 3.63) is 11.5 Å². The molecule has 0 heterocycles. The summed E-state index contributed by atoms with van der Waals surface area (Å²) in [6, 6.07) is 0. The van der Waals surface area contributed by atoms with Gasteiger partial charge in [-0.25, -0.2) is 0 Å². The van der Waals surface area contributed by atoms with E-state index in [-0.39, 0.29) is 11.7 Å². The van der Waals surface area contributed by atoms with Crippen LogP contribution < -0.4 is 11.5 Å². The zero-order valence-corrected chi connectivity index (χ0v) is 5.89. The van der Waals surface area contributed by atoms with Gasteiger partial charge in [0.1, 0.15) is 5.82 Å². The van der Waals surface area contributed by atoms with Crippen LogP contribution in [0.2, 0.25) is 0 Å². The molecule has 52 valence electrons. The maximum Gasteiger partial charge on any atom is 0.116 e. The summed E-state index contributed by atoms with van der Waals surface area (Å²) in [5.74, 6) is 0.521. The minimum Gasteiger partial charge on any atom is -0.384 e. The third-order valence-electron chi connectivity index (χ3n) is 1.01. The van der Waals surface area contributed by atoms with E-state index in [0.29, 0.717) is 5.70 Å². The van der Waals surface area contributed by atoms with E-state index < -0.39 is 0 Å². The summed E-state index contributed by atoms with van der Waals surface area (Å²) >= 11 is 0. The molecule has 3 nitrogen and oxygen atoms in total. The Morgan fingerprint density at radius 3 is 1.89 bits per heavy atom. The highest BCUT2D eigenvalue weighted by atomic mass is 14.9. The molecule has 0 aromatic rings. The normalized spacial score (nSPS) is 9.22. The first-order valence-corrected chi connectivity index (χ1v) is 2.81. The summed E-state index contributed by atoms with van der Waals surface area (Å²) in [6.45, 7) is 7.26. The first kappa shape index (κ1) is 8.01. The van der Waals surface area contributed by atoms with Crippen molar-refractivity contribution < 1.29 is 0 Å². The minimum absolute atomic E-state index is 0.257. The fraction of sp³-hybridized carbons (Fsp3) is 0.500. The lowest BCUT2D eigenvalue weighted by Crippen LogP contribution is -2.13. The topological polar surface area (TPSA) is 64.4 Å². The molecular weight excluding hydrogens is 114 g/mol. The maximum atomic E-state index is 5.27. The molecule has 4 N–H and O–H groups in total. The number of aliphatic imine (C=N–C) groups is 1. The van der Waals surface area contributed by atoms with Crippen molar-refractivity contribution in [1.82, 2.24) is 0 Å². The SMILES string of the molecule is C=NC(=C(N)N)C(C)C. The van der Waals surface area contributed by atoms with Gasteiger partial charge < -0.3 is 11.5 Å². The van der Waals surface area contributed by atoms with Gasteiger partial charge in [0.05, 0.1) is 5.70 Å². The van der Waals surface area contributed by atoms with Gasteiger partial charge in [0, 0.05) is 0 Å². The van der Waals surface area contributed by atoms with Gasteiger partial charge in [0.2, 0.25) is 0 Å². The molecule has 0 aromatic heterocycles. The number of allylic oxidation sites excluding steroid dienone is 1. The summed E-state index contributed by atoms with van der Waals surface area (Å²) in [4.78, 5) is 3.67. The Hall–Kier alpha value is -0.990. The van der Waals surface area contributed by atoms with Gasteiger partial charge in [-0.05, 0) is 12.6 Å². The summed E-state index contributed by atoms with van der Waals surface area (Å²) in [7, 11) is 0. The number of nitrogens with zero attached hydrogens (tertiary/aromatic N) is 1. The highest BCUT2D eigenvalue weighted by Crippen LogP contribution is 2.09. The Morgan fingerprint density at radius 2 is 1.89 bits per heavy atom. The zero-order valence-electron chi connectivity index (χ0n) is 5.89. The summed E-state index contributed by atoms with van der Waals surface area (Å²) in [6.07, 6.45) is 0. The van der Waals surface area contributed by atoms with Gasteiger partial charge in [0.15, 0.2) is 0 Å². The van der Waals surface area contributed by atoms with Crippen molar-refractivity contribution >= 4 is 6.72 Å². The standard InChI is InChI=1S/C6H13N3/c1-4(2)5(9-3)6(7)8/h4H,3,7-8H2,1-2H3. The highest BCUT2D eigenvalue weighted by Gasteiger charge is 2.01. The smallest absolute Gasteiger partial charge is 0.116 e. The van der Waals surface area contributed by atoms with Crippen molar-refractivity contribution in [2.45, 2.75) is 13.8 Å². The van der Waals surface area contributed by atoms with Crippen LogP contribution in [0.25, 0.3) is 0 Å². The van der Waals surface area contributed by atoms with E-state index in [0.717, 1.165) is 0 Å². The first-order chi connectivity index (χ1) is 4.09. The van der Waals surface area contributed by atoms with E-state index in [1.807, 2.05) is 13.8 Å². The fourth-order valence-corrected chi connectivity index (χ4v) is 0.607. The Kier molecular flexibility index (Phi) is 2.78. The van der Waals surface area contributed by atoms with Crippen LogP contribution in [-0.2, 0) is 0 Å². The quantitative estimate of drug-likeness (QED) is 0.528. The van der Waals surface area contributed by atoms with E-state index in [4.69, 9.17) is 11.5 Å². The van der Waals surface area contributed by atoms with Crippen LogP contribution in [0.4, 0.5) is 0 Å². The molecule has 0 fully saturated rings. The lowest BCUT2D eigenvalue weighted by atomic mass is 10.1. The maximum absolute atomic E-state index is 5.27. The van der Waals surface area contributed by atoms with Crippen LogP contribution in [-0.4, -0.2) is 6.72 Å². The molecule has 0 spiro atoms. The average molecular weight is 127 g/mol. The van der Waals surface area contributed by atoms with E-state index in [9.17, 15) is 0 Å². The van der Waals surface area contributed by atoms with Crippen LogP contribution in [0, 0.1) is 5.92 Å². The molecule has 0 atom stereocenters. The molecule has 0 rings (SSSR count). The van der Waals surface area contributed by atoms with Gasteiger partial charge in [-0.15, -0.1) is 0 Å². The van der Waals surface area contributed by atoms with Crippen LogP contribution in [0.5, 0.6) is 0 Å². The largest absolute Gasteiger partial charge is 0.384 e. The molecule has 0 aromatic carbocycles.